The lowest BCUT2D eigenvalue weighted by atomic mass is 10.3. The van der Waals surface area contributed by atoms with Gasteiger partial charge in [-0.2, -0.15) is 0 Å². The highest BCUT2D eigenvalue weighted by atomic mass is 19.3. The number of carbonyl (C=O) groups is 1. The van der Waals surface area contributed by atoms with Gasteiger partial charge in [-0.3, -0.25) is 4.79 Å². The maximum Gasteiger partial charge on any atom is 0.261 e. The minimum atomic E-state index is -2.47. The highest BCUT2D eigenvalue weighted by Crippen LogP contribution is 1.96. The molecule has 0 aliphatic heterocycles. The Balaban J connectivity index is 3.47. The van der Waals surface area contributed by atoms with Gasteiger partial charge in [0.15, 0.2) is 0 Å². The molecule has 0 unspecified atom stereocenters. The van der Waals surface area contributed by atoms with Crippen LogP contribution in [0.15, 0.2) is 0 Å². The fraction of sp³-hybridized carbons (Fsp3) is 0.900. The predicted molar refractivity (Wildman–Crippen MR) is 57.6 cm³/mol. The van der Waals surface area contributed by atoms with Crippen LogP contribution in [0.5, 0.6) is 0 Å². The predicted octanol–water partition coefficient (Wildman–Crippen LogP) is 0.726. The molecule has 0 spiro atoms. The minimum absolute atomic E-state index is 0.0551. The van der Waals surface area contributed by atoms with E-state index in [0.29, 0.717) is 6.54 Å². The van der Waals surface area contributed by atoms with Gasteiger partial charge in [0.25, 0.3) is 6.43 Å². The summed E-state index contributed by atoms with van der Waals surface area (Å²) in [4.78, 5) is 13.0. The summed E-state index contributed by atoms with van der Waals surface area (Å²) < 4.78 is 28.0. The summed E-state index contributed by atoms with van der Waals surface area (Å²) in [6.45, 7) is 0.963. The number of amides is 1. The highest BCUT2D eigenvalue weighted by molar-refractivity contribution is 5.75. The Kier molecular flexibility index (Phi) is 9.03. The van der Waals surface area contributed by atoms with Crippen molar-refractivity contribution in [1.82, 2.24) is 10.2 Å². The van der Waals surface area contributed by atoms with Gasteiger partial charge in [0.2, 0.25) is 5.91 Å². The third-order valence-corrected chi connectivity index (χ3v) is 2.05. The number of nitrogens with zero attached hydrogens (tertiary/aromatic N) is 1. The fourth-order valence-electron chi connectivity index (χ4n) is 1.14. The largest absolute Gasteiger partial charge is 0.375 e. The SMILES string of the molecule is CNCCCN(C)C(=O)CCOCC(F)F. The lowest BCUT2D eigenvalue weighted by molar-refractivity contribution is -0.131. The maximum atomic E-state index is 11.7. The molecule has 1 amide bonds. The molecule has 0 saturated carbocycles. The molecule has 16 heavy (non-hydrogen) atoms. The van der Waals surface area contributed by atoms with Gasteiger partial charge in [-0.05, 0) is 20.0 Å². The number of hydrogen-bond acceptors (Lipinski definition) is 3. The van der Waals surface area contributed by atoms with Gasteiger partial charge in [0.05, 0.1) is 13.0 Å². The molecule has 0 heterocycles. The van der Waals surface area contributed by atoms with Crippen LogP contribution in [0.2, 0.25) is 0 Å². The summed E-state index contributed by atoms with van der Waals surface area (Å²) in [5, 5.41) is 2.98. The first-order valence-electron chi connectivity index (χ1n) is 5.32. The van der Waals surface area contributed by atoms with Crippen molar-refractivity contribution in [3.05, 3.63) is 0 Å². The average Bonchev–Trinajstić information content (AvgIpc) is 2.24. The molecule has 0 aromatic heterocycles. The Hall–Kier alpha value is -0.750. The number of hydrogen-bond donors (Lipinski definition) is 1. The summed E-state index contributed by atoms with van der Waals surface area (Å²) in [5.41, 5.74) is 0. The fourth-order valence-corrected chi connectivity index (χ4v) is 1.14. The van der Waals surface area contributed by atoms with Crippen molar-refractivity contribution in [1.29, 1.82) is 0 Å². The number of alkyl halides is 2. The van der Waals surface area contributed by atoms with Crippen molar-refractivity contribution in [2.24, 2.45) is 0 Å². The quantitative estimate of drug-likeness (QED) is 0.602. The number of halogens is 2. The van der Waals surface area contributed by atoms with Gasteiger partial charge in [0.1, 0.15) is 6.61 Å². The van der Waals surface area contributed by atoms with E-state index in [9.17, 15) is 13.6 Å². The van der Waals surface area contributed by atoms with Crippen molar-refractivity contribution in [2.45, 2.75) is 19.3 Å². The second-order valence-electron chi connectivity index (χ2n) is 3.49. The van der Waals surface area contributed by atoms with Gasteiger partial charge in [0, 0.05) is 13.6 Å². The smallest absolute Gasteiger partial charge is 0.261 e. The summed E-state index contributed by atoms with van der Waals surface area (Å²) in [5.74, 6) is -0.0784. The third-order valence-electron chi connectivity index (χ3n) is 2.05. The van der Waals surface area contributed by atoms with Crippen LogP contribution in [0, 0.1) is 0 Å². The molecular weight excluding hydrogens is 218 g/mol. The summed E-state index contributed by atoms with van der Waals surface area (Å²) in [6.07, 6.45) is -1.44. The first kappa shape index (κ1) is 15.2. The molecule has 6 heteroatoms. The van der Waals surface area contributed by atoms with Crippen molar-refractivity contribution in [3.63, 3.8) is 0 Å². The Labute approximate surface area is 94.9 Å². The van der Waals surface area contributed by atoms with Crippen molar-refractivity contribution >= 4 is 5.91 Å². The van der Waals surface area contributed by atoms with Crippen molar-refractivity contribution in [3.8, 4) is 0 Å². The molecule has 0 bridgehead atoms. The molecule has 0 aromatic rings. The van der Waals surface area contributed by atoms with E-state index in [4.69, 9.17) is 0 Å². The monoisotopic (exact) mass is 238 g/mol. The minimum Gasteiger partial charge on any atom is -0.375 e. The number of carbonyl (C=O) groups excluding carboxylic acids is 1. The van der Waals surface area contributed by atoms with E-state index in [1.807, 2.05) is 7.05 Å². The molecule has 1 N–H and O–H groups in total. The molecule has 96 valence electrons. The van der Waals surface area contributed by atoms with Crippen LogP contribution < -0.4 is 5.32 Å². The van der Waals surface area contributed by atoms with E-state index < -0.39 is 13.0 Å². The topological polar surface area (TPSA) is 41.6 Å². The Morgan fingerprint density at radius 2 is 2.19 bits per heavy atom. The van der Waals surface area contributed by atoms with Crippen LogP contribution >= 0.6 is 0 Å². The molecule has 0 rings (SSSR count). The maximum absolute atomic E-state index is 11.7. The molecule has 0 aliphatic carbocycles. The molecule has 0 aromatic carbocycles. The second kappa shape index (κ2) is 9.47. The second-order valence-corrected chi connectivity index (χ2v) is 3.49. The Bertz CT molecular complexity index is 192. The molecule has 0 aliphatic rings. The highest BCUT2D eigenvalue weighted by Gasteiger charge is 2.08. The van der Waals surface area contributed by atoms with Gasteiger partial charge in [-0.1, -0.05) is 0 Å². The zero-order valence-electron chi connectivity index (χ0n) is 9.84. The van der Waals surface area contributed by atoms with E-state index in [1.165, 1.54) is 0 Å². The molecule has 0 atom stereocenters. The number of nitrogens with one attached hydrogen (secondary N) is 1. The number of ether oxygens (including phenoxy) is 1. The van der Waals surface area contributed by atoms with E-state index >= 15 is 0 Å². The van der Waals surface area contributed by atoms with Crippen LogP contribution in [0.3, 0.4) is 0 Å². The van der Waals surface area contributed by atoms with Crippen LogP contribution in [0.25, 0.3) is 0 Å². The molecular formula is C10H20F2N2O2. The van der Waals surface area contributed by atoms with E-state index in [0.717, 1.165) is 13.0 Å². The standard InChI is InChI=1S/C10H20F2N2O2/c1-13-5-3-6-14(2)10(15)4-7-16-8-9(11)12/h9,13H,3-8H2,1-2H3. The van der Waals surface area contributed by atoms with E-state index in [-0.39, 0.29) is 18.9 Å². The molecule has 0 fully saturated rings. The Morgan fingerprint density at radius 1 is 1.50 bits per heavy atom. The molecule has 4 nitrogen and oxygen atoms in total. The Morgan fingerprint density at radius 3 is 2.75 bits per heavy atom. The van der Waals surface area contributed by atoms with Crippen molar-refractivity contribution in [2.75, 3.05) is 40.4 Å². The van der Waals surface area contributed by atoms with E-state index in [1.54, 1.807) is 11.9 Å². The lowest BCUT2D eigenvalue weighted by Crippen LogP contribution is -2.30. The van der Waals surface area contributed by atoms with Gasteiger partial charge in [-0.25, -0.2) is 8.78 Å². The zero-order valence-corrected chi connectivity index (χ0v) is 9.84. The first-order valence-corrected chi connectivity index (χ1v) is 5.32. The van der Waals surface area contributed by atoms with Crippen molar-refractivity contribution < 1.29 is 18.3 Å². The van der Waals surface area contributed by atoms with Crippen LogP contribution in [-0.2, 0) is 9.53 Å². The average molecular weight is 238 g/mol. The lowest BCUT2D eigenvalue weighted by Gasteiger charge is -2.16. The van der Waals surface area contributed by atoms with Gasteiger partial charge in [-0.15, -0.1) is 0 Å². The normalized spacial score (nSPS) is 10.8. The summed E-state index contributed by atoms with van der Waals surface area (Å²) >= 11 is 0. The van der Waals surface area contributed by atoms with Crippen LogP contribution in [-0.4, -0.2) is 57.6 Å². The molecule has 0 radical (unpaired) electrons. The van der Waals surface area contributed by atoms with Crippen LogP contribution in [0.1, 0.15) is 12.8 Å². The van der Waals surface area contributed by atoms with Crippen LogP contribution in [0.4, 0.5) is 8.78 Å². The van der Waals surface area contributed by atoms with E-state index in [2.05, 4.69) is 10.1 Å². The molecule has 0 saturated heterocycles. The van der Waals surface area contributed by atoms with Gasteiger partial charge < -0.3 is 15.0 Å². The summed E-state index contributed by atoms with van der Waals surface area (Å²) in [6, 6.07) is 0. The number of rotatable bonds is 9. The zero-order chi connectivity index (χ0) is 12.4. The summed E-state index contributed by atoms with van der Waals surface area (Å²) in [7, 11) is 3.55. The third kappa shape index (κ3) is 8.55. The van der Waals surface area contributed by atoms with Gasteiger partial charge >= 0.3 is 0 Å². The first-order chi connectivity index (χ1) is 7.57.